The molecule has 1 N–H and O–H groups in total. The van der Waals surface area contributed by atoms with Crippen LogP contribution in [0.4, 0.5) is 0 Å². The Kier molecular flexibility index (Phi) is 5.37. The molecule has 1 aliphatic rings. The third-order valence-corrected chi connectivity index (χ3v) is 6.03. The van der Waals surface area contributed by atoms with Crippen LogP contribution < -0.4 is 10.1 Å². The SMILES string of the molecule is O=C1CCC(c2cccc(-c3ccc4cc(OCc5ncco5)ccc4c3)c2Cl)C(=O)N1. The molecule has 1 aliphatic heterocycles. The van der Waals surface area contributed by atoms with E-state index >= 15 is 0 Å². The van der Waals surface area contributed by atoms with Gasteiger partial charge in [-0.1, -0.05) is 48.0 Å². The van der Waals surface area contributed by atoms with Crippen LogP contribution in [0.25, 0.3) is 21.9 Å². The maximum absolute atomic E-state index is 12.3. The molecule has 160 valence electrons. The minimum Gasteiger partial charge on any atom is -0.484 e. The minimum absolute atomic E-state index is 0.239. The fourth-order valence-electron chi connectivity index (χ4n) is 3.98. The van der Waals surface area contributed by atoms with Gasteiger partial charge in [0.1, 0.15) is 12.0 Å². The molecule has 0 saturated carbocycles. The summed E-state index contributed by atoms with van der Waals surface area (Å²) in [6, 6.07) is 17.6. The summed E-state index contributed by atoms with van der Waals surface area (Å²) in [6.07, 6.45) is 3.87. The molecule has 4 aromatic rings. The zero-order valence-electron chi connectivity index (χ0n) is 17.0. The molecule has 0 aliphatic carbocycles. The summed E-state index contributed by atoms with van der Waals surface area (Å²) < 4.78 is 10.9. The predicted molar refractivity (Wildman–Crippen MR) is 120 cm³/mol. The second-order valence-electron chi connectivity index (χ2n) is 7.65. The standard InChI is InChI=1S/C25H19ClN2O4/c26-24-19(2-1-3-20(24)21-8-9-22(29)28-25(21)30)17-5-4-16-13-18(7-6-15(16)12-17)32-14-23-27-10-11-31-23/h1-7,10-13,21H,8-9,14H2,(H,28,29,30). The van der Waals surface area contributed by atoms with E-state index in [1.807, 2.05) is 48.5 Å². The van der Waals surface area contributed by atoms with E-state index in [2.05, 4.69) is 16.4 Å². The lowest BCUT2D eigenvalue weighted by Gasteiger charge is -2.23. The van der Waals surface area contributed by atoms with Crippen LogP contribution in [0, 0.1) is 0 Å². The van der Waals surface area contributed by atoms with Crippen LogP contribution in [-0.4, -0.2) is 16.8 Å². The predicted octanol–water partition coefficient (Wildman–Crippen LogP) is 5.25. The van der Waals surface area contributed by atoms with E-state index < -0.39 is 5.92 Å². The fourth-order valence-corrected chi connectivity index (χ4v) is 4.35. The second kappa shape index (κ2) is 8.48. The van der Waals surface area contributed by atoms with Gasteiger partial charge < -0.3 is 9.15 Å². The molecule has 1 fully saturated rings. The van der Waals surface area contributed by atoms with Crippen molar-refractivity contribution in [3.8, 4) is 16.9 Å². The number of nitrogens with one attached hydrogen (secondary N) is 1. The Labute approximate surface area is 189 Å². The van der Waals surface area contributed by atoms with Crippen LogP contribution in [-0.2, 0) is 16.2 Å². The summed E-state index contributed by atoms with van der Waals surface area (Å²) >= 11 is 6.75. The molecule has 1 unspecified atom stereocenters. The number of ether oxygens (including phenoxy) is 1. The van der Waals surface area contributed by atoms with Crippen molar-refractivity contribution in [3.63, 3.8) is 0 Å². The first-order valence-corrected chi connectivity index (χ1v) is 10.6. The molecule has 2 heterocycles. The third-order valence-electron chi connectivity index (χ3n) is 5.61. The Morgan fingerprint density at radius 2 is 1.94 bits per heavy atom. The number of halogens is 1. The van der Waals surface area contributed by atoms with Crippen LogP contribution >= 0.6 is 11.6 Å². The summed E-state index contributed by atoms with van der Waals surface area (Å²) in [5, 5.41) is 5.00. The summed E-state index contributed by atoms with van der Waals surface area (Å²) in [7, 11) is 0. The first-order valence-electron chi connectivity index (χ1n) is 10.3. The Hall–Kier alpha value is -3.64. The van der Waals surface area contributed by atoms with Gasteiger partial charge in [0, 0.05) is 12.0 Å². The molecule has 0 spiro atoms. The van der Waals surface area contributed by atoms with Crippen molar-refractivity contribution in [2.45, 2.75) is 25.4 Å². The van der Waals surface area contributed by atoms with Crippen molar-refractivity contribution < 1.29 is 18.7 Å². The monoisotopic (exact) mass is 446 g/mol. The van der Waals surface area contributed by atoms with Gasteiger partial charge in [0.15, 0.2) is 6.61 Å². The average molecular weight is 447 g/mol. The maximum Gasteiger partial charge on any atom is 0.234 e. The third kappa shape index (κ3) is 3.97. The van der Waals surface area contributed by atoms with Crippen molar-refractivity contribution >= 4 is 34.2 Å². The highest BCUT2D eigenvalue weighted by molar-refractivity contribution is 6.34. The molecule has 0 bridgehead atoms. The molecule has 7 heteroatoms. The fraction of sp³-hybridized carbons (Fsp3) is 0.160. The van der Waals surface area contributed by atoms with Gasteiger partial charge in [-0.25, -0.2) is 4.98 Å². The number of carbonyl (C=O) groups excluding carboxylic acids is 2. The van der Waals surface area contributed by atoms with Gasteiger partial charge in [-0.3, -0.25) is 14.9 Å². The highest BCUT2D eigenvalue weighted by Gasteiger charge is 2.30. The van der Waals surface area contributed by atoms with Crippen LogP contribution in [0.1, 0.15) is 30.2 Å². The normalized spacial score (nSPS) is 16.2. The van der Waals surface area contributed by atoms with E-state index in [9.17, 15) is 9.59 Å². The lowest BCUT2D eigenvalue weighted by molar-refractivity contribution is -0.134. The zero-order valence-corrected chi connectivity index (χ0v) is 17.8. The average Bonchev–Trinajstić information content (AvgIpc) is 3.32. The number of carbonyl (C=O) groups is 2. The molecule has 2 amide bonds. The van der Waals surface area contributed by atoms with Gasteiger partial charge in [-0.15, -0.1) is 0 Å². The largest absolute Gasteiger partial charge is 0.484 e. The quantitative estimate of drug-likeness (QED) is 0.423. The highest BCUT2D eigenvalue weighted by atomic mass is 35.5. The first-order chi connectivity index (χ1) is 15.6. The van der Waals surface area contributed by atoms with Crippen molar-refractivity contribution in [2.24, 2.45) is 0 Å². The van der Waals surface area contributed by atoms with E-state index in [1.54, 1.807) is 6.20 Å². The number of amides is 2. The van der Waals surface area contributed by atoms with E-state index in [4.69, 9.17) is 20.8 Å². The van der Waals surface area contributed by atoms with Crippen LogP contribution in [0.2, 0.25) is 5.02 Å². The zero-order chi connectivity index (χ0) is 22.1. The Morgan fingerprint density at radius 3 is 2.75 bits per heavy atom. The maximum atomic E-state index is 12.3. The van der Waals surface area contributed by atoms with E-state index in [0.29, 0.717) is 23.8 Å². The Balaban J connectivity index is 1.42. The van der Waals surface area contributed by atoms with E-state index in [1.165, 1.54) is 6.26 Å². The summed E-state index contributed by atoms with van der Waals surface area (Å²) in [5.74, 6) is 0.282. The molecule has 6 nitrogen and oxygen atoms in total. The van der Waals surface area contributed by atoms with Gasteiger partial charge in [-0.2, -0.15) is 0 Å². The number of piperidine rings is 1. The first kappa shape index (κ1) is 20.3. The van der Waals surface area contributed by atoms with E-state index in [0.717, 1.165) is 33.2 Å². The number of rotatable bonds is 5. The Bertz CT molecular complexity index is 1320. The number of aromatic nitrogens is 1. The van der Waals surface area contributed by atoms with Gasteiger partial charge in [0.25, 0.3) is 0 Å². The summed E-state index contributed by atoms with van der Waals surface area (Å²) in [4.78, 5) is 27.9. The molecular formula is C25H19ClN2O4. The lowest BCUT2D eigenvalue weighted by Crippen LogP contribution is -2.39. The molecule has 1 saturated heterocycles. The Morgan fingerprint density at radius 1 is 1.09 bits per heavy atom. The highest BCUT2D eigenvalue weighted by Crippen LogP contribution is 2.38. The minimum atomic E-state index is -0.427. The molecule has 5 rings (SSSR count). The van der Waals surface area contributed by atoms with Gasteiger partial charge in [0.05, 0.1) is 17.1 Å². The van der Waals surface area contributed by atoms with Crippen molar-refractivity contribution in [1.82, 2.24) is 10.3 Å². The number of nitrogens with zero attached hydrogens (tertiary/aromatic N) is 1. The molecule has 3 aromatic carbocycles. The summed E-state index contributed by atoms with van der Waals surface area (Å²) in [5.41, 5.74) is 2.54. The molecule has 1 atom stereocenters. The van der Waals surface area contributed by atoms with Crippen LogP contribution in [0.5, 0.6) is 5.75 Å². The van der Waals surface area contributed by atoms with Crippen LogP contribution in [0.15, 0.2) is 71.5 Å². The number of fused-ring (bicyclic) bond motifs is 1. The van der Waals surface area contributed by atoms with Crippen molar-refractivity contribution in [2.75, 3.05) is 0 Å². The number of oxazole rings is 1. The lowest BCUT2D eigenvalue weighted by atomic mass is 9.88. The number of hydrogen-bond donors (Lipinski definition) is 1. The molecule has 1 aromatic heterocycles. The number of imide groups is 1. The van der Waals surface area contributed by atoms with Crippen molar-refractivity contribution in [1.29, 1.82) is 0 Å². The second-order valence-corrected chi connectivity index (χ2v) is 8.03. The summed E-state index contributed by atoms with van der Waals surface area (Å²) in [6.45, 7) is 0.263. The number of benzene rings is 3. The van der Waals surface area contributed by atoms with E-state index in [-0.39, 0.29) is 18.4 Å². The van der Waals surface area contributed by atoms with Crippen LogP contribution in [0.3, 0.4) is 0 Å². The topological polar surface area (TPSA) is 81.4 Å². The molecule has 0 radical (unpaired) electrons. The van der Waals surface area contributed by atoms with Crippen molar-refractivity contribution in [3.05, 3.63) is 83.5 Å². The molecule has 32 heavy (non-hydrogen) atoms. The molecular weight excluding hydrogens is 428 g/mol. The van der Waals surface area contributed by atoms with Gasteiger partial charge >= 0.3 is 0 Å². The smallest absolute Gasteiger partial charge is 0.234 e. The van der Waals surface area contributed by atoms with Gasteiger partial charge in [-0.05, 0) is 46.5 Å². The van der Waals surface area contributed by atoms with Gasteiger partial charge in [0.2, 0.25) is 17.7 Å². The number of hydrogen-bond acceptors (Lipinski definition) is 5.